The number of aliphatic imine (C=N–C) groups is 1. The molecule has 1 amide bonds. The van der Waals surface area contributed by atoms with E-state index in [9.17, 15) is 4.79 Å². The van der Waals surface area contributed by atoms with Gasteiger partial charge in [-0.15, -0.1) is 10.2 Å². The fourth-order valence-corrected chi connectivity index (χ4v) is 4.88. The third-order valence-electron chi connectivity index (χ3n) is 6.60. The first-order chi connectivity index (χ1) is 17.1. The number of amidine groups is 1. The summed E-state index contributed by atoms with van der Waals surface area (Å²) in [7, 11) is 0. The number of tetrazole rings is 1. The van der Waals surface area contributed by atoms with Crippen molar-refractivity contribution in [3.8, 4) is 22.5 Å². The van der Waals surface area contributed by atoms with Gasteiger partial charge in [-0.2, -0.15) is 5.21 Å². The zero-order chi connectivity index (χ0) is 24.7. The van der Waals surface area contributed by atoms with Gasteiger partial charge in [0, 0.05) is 18.6 Å². The molecule has 2 N–H and O–H groups in total. The molecule has 1 aliphatic carbocycles. The minimum atomic E-state index is -0.480. The Bertz CT molecular complexity index is 1130. The van der Waals surface area contributed by atoms with E-state index in [4.69, 9.17) is 10.1 Å². The summed E-state index contributed by atoms with van der Waals surface area (Å²) in [5, 5.41) is 22.0. The molecule has 0 bridgehead atoms. The zero-order valence-electron chi connectivity index (χ0n) is 20.6. The van der Waals surface area contributed by atoms with E-state index in [1.807, 2.05) is 23.1 Å². The van der Waals surface area contributed by atoms with Crippen molar-refractivity contribution in [3.63, 3.8) is 0 Å². The fraction of sp³-hybridized carbons (Fsp3) is 0.444. The number of carbonyl (C=O) groups excluding carboxylic acids is 1. The second kappa shape index (κ2) is 11.4. The first-order valence-electron chi connectivity index (χ1n) is 12.6. The van der Waals surface area contributed by atoms with E-state index in [1.165, 1.54) is 0 Å². The summed E-state index contributed by atoms with van der Waals surface area (Å²) in [4.78, 5) is 20.3. The zero-order valence-corrected chi connectivity index (χ0v) is 20.6. The Balaban J connectivity index is 0.000000917. The number of nitrogens with zero attached hydrogens (tertiary/aromatic N) is 5. The Labute approximate surface area is 206 Å². The fourth-order valence-electron chi connectivity index (χ4n) is 4.88. The van der Waals surface area contributed by atoms with Crippen LogP contribution in [0, 0.1) is 0 Å². The molecular formula is C27H34N6O2. The van der Waals surface area contributed by atoms with Crippen LogP contribution in [0.1, 0.15) is 64.4 Å². The van der Waals surface area contributed by atoms with Crippen molar-refractivity contribution < 1.29 is 9.90 Å². The number of aliphatic hydroxyl groups is 1. The molecule has 5 rings (SSSR count). The number of benzene rings is 2. The highest BCUT2D eigenvalue weighted by Gasteiger charge is 2.49. The number of aromatic nitrogens is 4. The molecule has 1 fully saturated rings. The number of hydrogen-bond acceptors (Lipinski definition) is 6. The maximum atomic E-state index is 13.4. The van der Waals surface area contributed by atoms with Crippen molar-refractivity contribution in [2.45, 2.75) is 70.9 Å². The van der Waals surface area contributed by atoms with Crippen LogP contribution in [0.4, 0.5) is 0 Å². The lowest BCUT2D eigenvalue weighted by Gasteiger charge is -2.23. The highest BCUT2D eigenvalue weighted by molar-refractivity contribution is 6.08. The van der Waals surface area contributed by atoms with Crippen molar-refractivity contribution in [2.24, 2.45) is 4.99 Å². The van der Waals surface area contributed by atoms with E-state index in [0.717, 1.165) is 73.0 Å². The number of hydrogen-bond donors (Lipinski definition) is 2. The quantitative estimate of drug-likeness (QED) is 0.513. The molecular weight excluding hydrogens is 440 g/mol. The molecule has 2 aromatic carbocycles. The maximum Gasteiger partial charge on any atom is 0.256 e. The van der Waals surface area contributed by atoms with Gasteiger partial charge in [0.05, 0.1) is 6.54 Å². The molecule has 3 aromatic rings. The lowest BCUT2D eigenvalue weighted by atomic mass is 9.97. The molecule has 184 valence electrons. The summed E-state index contributed by atoms with van der Waals surface area (Å²) in [6.45, 7) is 4.69. The van der Waals surface area contributed by atoms with E-state index >= 15 is 0 Å². The maximum absolute atomic E-state index is 13.4. The van der Waals surface area contributed by atoms with Gasteiger partial charge in [0.25, 0.3) is 5.91 Å². The molecule has 2 aliphatic rings. The number of unbranched alkanes of at least 4 members (excludes halogenated alkanes) is 1. The minimum Gasteiger partial charge on any atom is -0.397 e. The Morgan fingerprint density at radius 2 is 1.71 bits per heavy atom. The highest BCUT2D eigenvalue weighted by Crippen LogP contribution is 2.40. The van der Waals surface area contributed by atoms with E-state index in [0.29, 0.717) is 12.4 Å². The molecule has 8 heteroatoms. The van der Waals surface area contributed by atoms with E-state index in [1.54, 1.807) is 6.92 Å². The molecule has 35 heavy (non-hydrogen) atoms. The highest BCUT2D eigenvalue weighted by atomic mass is 16.2. The smallest absolute Gasteiger partial charge is 0.256 e. The normalized spacial score (nSPS) is 16.4. The Morgan fingerprint density at radius 3 is 2.34 bits per heavy atom. The van der Waals surface area contributed by atoms with E-state index in [-0.39, 0.29) is 12.5 Å². The third-order valence-corrected chi connectivity index (χ3v) is 6.60. The molecule has 2 heterocycles. The molecule has 0 atom stereocenters. The predicted octanol–water partition coefficient (Wildman–Crippen LogP) is 4.78. The number of aliphatic hydroxyl groups excluding tert-OH is 1. The van der Waals surface area contributed by atoms with Gasteiger partial charge >= 0.3 is 0 Å². The Kier molecular flexibility index (Phi) is 8.02. The van der Waals surface area contributed by atoms with Gasteiger partial charge < -0.3 is 5.11 Å². The van der Waals surface area contributed by atoms with Gasteiger partial charge in [0.1, 0.15) is 11.4 Å². The summed E-state index contributed by atoms with van der Waals surface area (Å²) in [6, 6.07) is 16.4. The first kappa shape index (κ1) is 24.7. The molecule has 1 aliphatic heterocycles. The van der Waals surface area contributed by atoms with Gasteiger partial charge in [-0.3, -0.25) is 14.7 Å². The molecule has 0 saturated heterocycles. The Hall–Kier alpha value is -3.39. The summed E-state index contributed by atoms with van der Waals surface area (Å²) < 4.78 is 0. The van der Waals surface area contributed by atoms with Crippen LogP contribution in [-0.2, 0) is 11.3 Å². The standard InChI is InChI=1S/C25H28N6O.C2H6O/c1-2-3-10-22-26-25(15-6-7-16-25)24(32)31(22)17-18-11-13-19(14-12-18)20-8-4-5-9-21(20)23-27-29-30-28-23;1-2-3/h4-5,8-9,11-14H,2-3,6-7,10,15-17H2,1H3,(H,27,28,29,30);3H,2H2,1H3. The predicted molar refractivity (Wildman–Crippen MR) is 137 cm³/mol. The number of H-pyrrole nitrogens is 1. The summed E-state index contributed by atoms with van der Waals surface area (Å²) in [6.07, 6.45) is 7.01. The SMILES string of the molecule is CCCCC1=NC2(CCCC2)C(=O)N1Cc1ccc(-c2ccccc2-c2nn[nH]n2)cc1.CCO. The number of rotatable bonds is 7. The van der Waals surface area contributed by atoms with Crippen LogP contribution in [0.2, 0.25) is 0 Å². The van der Waals surface area contributed by atoms with Gasteiger partial charge in [-0.1, -0.05) is 74.7 Å². The number of nitrogens with one attached hydrogen (secondary N) is 1. The molecule has 8 nitrogen and oxygen atoms in total. The van der Waals surface area contributed by atoms with Crippen LogP contribution >= 0.6 is 0 Å². The van der Waals surface area contributed by atoms with Gasteiger partial charge in [0.15, 0.2) is 0 Å². The second-order valence-corrected chi connectivity index (χ2v) is 9.06. The van der Waals surface area contributed by atoms with Gasteiger partial charge in [-0.05, 0) is 48.1 Å². The van der Waals surface area contributed by atoms with Crippen LogP contribution in [0.3, 0.4) is 0 Å². The number of amides is 1. The van der Waals surface area contributed by atoms with Crippen molar-refractivity contribution in [2.75, 3.05) is 6.61 Å². The van der Waals surface area contributed by atoms with Crippen LogP contribution in [0.25, 0.3) is 22.5 Å². The summed E-state index contributed by atoms with van der Waals surface area (Å²) >= 11 is 0. The number of aromatic amines is 1. The Morgan fingerprint density at radius 1 is 1.03 bits per heavy atom. The van der Waals surface area contributed by atoms with Crippen LogP contribution < -0.4 is 0 Å². The van der Waals surface area contributed by atoms with E-state index < -0.39 is 5.54 Å². The molecule has 0 radical (unpaired) electrons. The molecule has 1 saturated carbocycles. The van der Waals surface area contributed by atoms with Crippen molar-refractivity contribution in [1.82, 2.24) is 25.5 Å². The average Bonchev–Trinajstić information content (AvgIpc) is 3.63. The molecule has 1 spiro atoms. The van der Waals surface area contributed by atoms with Crippen LogP contribution in [-0.4, -0.2) is 54.5 Å². The minimum absolute atomic E-state index is 0.202. The molecule has 0 unspecified atom stereocenters. The largest absolute Gasteiger partial charge is 0.397 e. The monoisotopic (exact) mass is 474 g/mol. The van der Waals surface area contributed by atoms with E-state index in [2.05, 4.69) is 57.9 Å². The topological polar surface area (TPSA) is 107 Å². The van der Waals surface area contributed by atoms with Crippen molar-refractivity contribution >= 4 is 11.7 Å². The van der Waals surface area contributed by atoms with Crippen molar-refractivity contribution in [3.05, 3.63) is 54.1 Å². The van der Waals surface area contributed by atoms with Gasteiger partial charge in [0.2, 0.25) is 5.82 Å². The number of carbonyl (C=O) groups is 1. The van der Waals surface area contributed by atoms with Crippen molar-refractivity contribution in [1.29, 1.82) is 0 Å². The van der Waals surface area contributed by atoms with Crippen LogP contribution in [0.5, 0.6) is 0 Å². The summed E-state index contributed by atoms with van der Waals surface area (Å²) in [5.41, 5.74) is 3.69. The van der Waals surface area contributed by atoms with Gasteiger partial charge in [-0.25, -0.2) is 0 Å². The lowest BCUT2D eigenvalue weighted by molar-refractivity contribution is -0.131. The summed E-state index contributed by atoms with van der Waals surface area (Å²) in [5.74, 6) is 1.75. The lowest BCUT2D eigenvalue weighted by Crippen LogP contribution is -2.40. The van der Waals surface area contributed by atoms with Crippen LogP contribution in [0.15, 0.2) is 53.5 Å². The molecule has 1 aromatic heterocycles. The average molecular weight is 475 g/mol. The third kappa shape index (κ3) is 5.32. The second-order valence-electron chi connectivity index (χ2n) is 9.06. The first-order valence-corrected chi connectivity index (χ1v) is 12.6.